The van der Waals surface area contributed by atoms with E-state index in [2.05, 4.69) is 47.1 Å². The van der Waals surface area contributed by atoms with Crippen LogP contribution in [0.4, 0.5) is 0 Å². The van der Waals surface area contributed by atoms with Crippen molar-refractivity contribution in [2.45, 2.75) is 19.6 Å². The predicted octanol–water partition coefficient (Wildman–Crippen LogP) is 3.67. The molecule has 0 spiro atoms. The van der Waals surface area contributed by atoms with Gasteiger partial charge in [0.1, 0.15) is 16.1 Å². The van der Waals surface area contributed by atoms with Crippen LogP contribution in [0.5, 0.6) is 0 Å². The quantitative estimate of drug-likeness (QED) is 0.476. The molecular weight excluding hydrogens is 258 g/mol. The van der Waals surface area contributed by atoms with Gasteiger partial charge < -0.3 is 4.43 Å². The molecular formula is C10H14BrNOSi. The Bertz CT molecular complexity index is 346. The minimum atomic E-state index is -1.58. The highest BCUT2D eigenvalue weighted by Crippen LogP contribution is 2.18. The molecule has 0 aliphatic rings. The maximum Gasteiger partial charge on any atom is 0.242 e. The maximum atomic E-state index is 5.74. The van der Waals surface area contributed by atoms with Crippen LogP contribution in [0.15, 0.2) is 29.4 Å². The lowest BCUT2D eigenvalue weighted by Crippen LogP contribution is -2.24. The van der Waals surface area contributed by atoms with E-state index in [0.717, 1.165) is 10.3 Å². The van der Waals surface area contributed by atoms with Crippen LogP contribution < -0.4 is 0 Å². The summed E-state index contributed by atoms with van der Waals surface area (Å²) in [6.45, 7) is 10.2. The van der Waals surface area contributed by atoms with Crippen molar-refractivity contribution in [2.75, 3.05) is 0 Å². The molecule has 76 valence electrons. The monoisotopic (exact) mass is 271 g/mol. The highest BCUT2D eigenvalue weighted by atomic mass is 79.9. The third kappa shape index (κ3) is 3.63. The third-order valence-corrected chi connectivity index (χ3v) is 2.73. The fraction of sp³-hybridized carbons (Fsp3) is 0.300. The highest BCUT2D eigenvalue weighted by molar-refractivity contribution is 9.10. The Morgan fingerprint density at radius 2 is 2.07 bits per heavy atom. The Morgan fingerprint density at radius 3 is 2.57 bits per heavy atom. The second-order valence-electron chi connectivity index (χ2n) is 3.98. The number of halogens is 1. The number of aromatic nitrogens is 1. The number of hydrogen-bond donors (Lipinski definition) is 0. The van der Waals surface area contributed by atoms with Gasteiger partial charge in [0.25, 0.3) is 0 Å². The molecule has 0 aromatic carbocycles. The van der Waals surface area contributed by atoms with Crippen molar-refractivity contribution < 1.29 is 4.43 Å². The van der Waals surface area contributed by atoms with Crippen LogP contribution in [0.2, 0.25) is 19.6 Å². The number of hydrogen-bond acceptors (Lipinski definition) is 2. The van der Waals surface area contributed by atoms with Crippen LogP contribution in [0.1, 0.15) is 5.69 Å². The fourth-order valence-electron chi connectivity index (χ4n) is 0.985. The van der Waals surface area contributed by atoms with E-state index in [4.69, 9.17) is 4.43 Å². The van der Waals surface area contributed by atoms with Crippen molar-refractivity contribution >= 4 is 30.0 Å². The van der Waals surface area contributed by atoms with Crippen molar-refractivity contribution in [1.29, 1.82) is 0 Å². The number of pyridine rings is 1. The Hall–Kier alpha value is -0.613. The summed E-state index contributed by atoms with van der Waals surface area (Å²) < 4.78 is 6.54. The van der Waals surface area contributed by atoms with Gasteiger partial charge in [-0.1, -0.05) is 12.6 Å². The van der Waals surface area contributed by atoms with Crippen LogP contribution in [0, 0.1) is 0 Å². The van der Waals surface area contributed by atoms with Gasteiger partial charge in [0.2, 0.25) is 8.32 Å². The predicted molar refractivity (Wildman–Crippen MR) is 65.4 cm³/mol. The van der Waals surface area contributed by atoms with Crippen molar-refractivity contribution in [3.05, 3.63) is 35.1 Å². The first kappa shape index (κ1) is 11.5. The summed E-state index contributed by atoms with van der Waals surface area (Å²) >= 11 is 3.31. The van der Waals surface area contributed by atoms with Gasteiger partial charge >= 0.3 is 0 Å². The second kappa shape index (κ2) is 4.27. The van der Waals surface area contributed by atoms with Gasteiger partial charge in [-0.25, -0.2) is 4.98 Å². The van der Waals surface area contributed by atoms with Crippen LogP contribution in [0.25, 0.3) is 5.76 Å². The van der Waals surface area contributed by atoms with E-state index in [-0.39, 0.29) is 0 Å². The normalized spacial score (nSPS) is 11.1. The molecule has 1 aromatic rings. The van der Waals surface area contributed by atoms with Crippen LogP contribution in [-0.2, 0) is 4.43 Å². The zero-order chi connectivity index (χ0) is 10.8. The molecule has 0 amide bonds. The lowest BCUT2D eigenvalue weighted by atomic mass is 10.3. The minimum Gasteiger partial charge on any atom is -0.543 e. The molecule has 0 N–H and O–H groups in total. The standard InChI is InChI=1S/C10H14BrNOSi/c1-8(13-14(2,3)4)9-6-5-7-10(11)12-9/h5-7H,1H2,2-4H3. The topological polar surface area (TPSA) is 22.1 Å². The molecule has 0 unspecified atom stereocenters. The summed E-state index contributed by atoms with van der Waals surface area (Å²) in [5, 5.41) is 0. The van der Waals surface area contributed by atoms with Gasteiger partial charge in [-0.3, -0.25) is 0 Å². The Labute approximate surface area is 94.3 Å². The molecule has 0 bridgehead atoms. The van der Waals surface area contributed by atoms with Gasteiger partial charge in [0, 0.05) is 0 Å². The molecule has 0 fully saturated rings. The first-order valence-electron chi connectivity index (χ1n) is 4.39. The summed E-state index contributed by atoms with van der Waals surface area (Å²) in [6.07, 6.45) is 0. The summed E-state index contributed by atoms with van der Waals surface area (Å²) in [5.74, 6) is 0.658. The van der Waals surface area contributed by atoms with Gasteiger partial charge in [-0.2, -0.15) is 0 Å². The molecule has 0 radical (unpaired) electrons. The van der Waals surface area contributed by atoms with E-state index < -0.39 is 8.32 Å². The van der Waals surface area contributed by atoms with Crippen molar-refractivity contribution in [1.82, 2.24) is 4.98 Å². The minimum absolute atomic E-state index is 0.658. The summed E-state index contributed by atoms with van der Waals surface area (Å²) in [4.78, 5) is 4.27. The highest BCUT2D eigenvalue weighted by Gasteiger charge is 2.17. The molecule has 0 saturated heterocycles. The SMILES string of the molecule is C=C(O[Si](C)(C)C)c1cccc(Br)n1. The first-order valence-corrected chi connectivity index (χ1v) is 8.59. The van der Waals surface area contributed by atoms with E-state index in [1.54, 1.807) is 0 Å². The maximum absolute atomic E-state index is 5.74. The van der Waals surface area contributed by atoms with Crippen LogP contribution >= 0.6 is 15.9 Å². The van der Waals surface area contributed by atoms with Crippen molar-refractivity contribution in [2.24, 2.45) is 0 Å². The Kier molecular flexibility index (Phi) is 3.50. The zero-order valence-corrected chi connectivity index (χ0v) is 11.3. The largest absolute Gasteiger partial charge is 0.543 e. The average Bonchev–Trinajstić information content (AvgIpc) is 2.01. The summed E-state index contributed by atoms with van der Waals surface area (Å²) in [5.41, 5.74) is 0.793. The van der Waals surface area contributed by atoms with E-state index in [9.17, 15) is 0 Å². The summed E-state index contributed by atoms with van der Waals surface area (Å²) in [7, 11) is -1.58. The van der Waals surface area contributed by atoms with E-state index >= 15 is 0 Å². The average molecular weight is 272 g/mol. The second-order valence-corrected chi connectivity index (χ2v) is 9.22. The van der Waals surface area contributed by atoms with Gasteiger partial charge in [-0.05, 0) is 47.7 Å². The smallest absolute Gasteiger partial charge is 0.242 e. The molecule has 1 aromatic heterocycles. The summed E-state index contributed by atoms with van der Waals surface area (Å²) in [6, 6.07) is 5.70. The number of nitrogens with zero attached hydrogens (tertiary/aromatic N) is 1. The zero-order valence-electron chi connectivity index (χ0n) is 8.67. The van der Waals surface area contributed by atoms with Gasteiger partial charge in [-0.15, -0.1) is 0 Å². The molecule has 2 nitrogen and oxygen atoms in total. The lowest BCUT2D eigenvalue weighted by Gasteiger charge is -2.20. The molecule has 0 atom stereocenters. The van der Waals surface area contributed by atoms with Gasteiger partial charge in [0.15, 0.2) is 0 Å². The van der Waals surface area contributed by atoms with E-state index in [0.29, 0.717) is 5.76 Å². The molecule has 4 heteroatoms. The number of rotatable bonds is 3. The molecule has 0 aliphatic carbocycles. The fourth-order valence-corrected chi connectivity index (χ4v) is 2.17. The lowest BCUT2D eigenvalue weighted by molar-refractivity contribution is 0.513. The Balaban J connectivity index is 2.80. The molecule has 1 rings (SSSR count). The van der Waals surface area contributed by atoms with Crippen molar-refractivity contribution in [3.63, 3.8) is 0 Å². The molecule has 1 heterocycles. The van der Waals surface area contributed by atoms with Crippen molar-refractivity contribution in [3.8, 4) is 0 Å². The van der Waals surface area contributed by atoms with Crippen LogP contribution in [0.3, 0.4) is 0 Å². The first-order chi connectivity index (χ1) is 6.38. The molecule has 14 heavy (non-hydrogen) atoms. The third-order valence-electron chi connectivity index (χ3n) is 1.43. The van der Waals surface area contributed by atoms with E-state index in [1.165, 1.54) is 0 Å². The van der Waals surface area contributed by atoms with E-state index in [1.807, 2.05) is 18.2 Å². The molecule has 0 aliphatic heterocycles. The van der Waals surface area contributed by atoms with Crippen LogP contribution in [-0.4, -0.2) is 13.3 Å². The Morgan fingerprint density at radius 1 is 1.43 bits per heavy atom. The molecule has 0 saturated carbocycles. The van der Waals surface area contributed by atoms with Gasteiger partial charge in [0.05, 0.1) is 0 Å².